The highest BCUT2D eigenvalue weighted by molar-refractivity contribution is 7.89. The Morgan fingerprint density at radius 1 is 0.839 bits per heavy atom. The summed E-state index contributed by atoms with van der Waals surface area (Å²) in [5.74, 6) is 0. The summed E-state index contributed by atoms with van der Waals surface area (Å²) in [4.78, 5) is 12.4. The van der Waals surface area contributed by atoms with E-state index in [0.29, 0.717) is 16.3 Å². The third-order valence-electron chi connectivity index (χ3n) is 5.41. The first-order valence-electron chi connectivity index (χ1n) is 10.3. The van der Waals surface area contributed by atoms with E-state index < -0.39 is 16.1 Å². The average Bonchev–Trinajstić information content (AvgIpc) is 3.22. The van der Waals surface area contributed by atoms with Gasteiger partial charge in [0.2, 0.25) is 10.0 Å². The maximum atomic E-state index is 12.8. The standard InChI is InChI=1S/C24H25N3O3S/c1-17(27-31(29,30)23-15-12-19-6-5-7-20(19)16-23)18-10-13-22(14-11-18)26-24(28)25-21-8-3-2-4-9-21/h2-4,8-17,27H,5-7H2,1H3,(H2,25,26,28). The monoisotopic (exact) mass is 435 g/mol. The molecule has 0 spiro atoms. The lowest BCUT2D eigenvalue weighted by Gasteiger charge is -2.16. The predicted molar refractivity (Wildman–Crippen MR) is 123 cm³/mol. The second-order valence-corrected chi connectivity index (χ2v) is 9.41. The zero-order valence-corrected chi connectivity index (χ0v) is 18.1. The Hall–Kier alpha value is -3.16. The van der Waals surface area contributed by atoms with Gasteiger partial charge in [0.1, 0.15) is 0 Å². The van der Waals surface area contributed by atoms with Gasteiger partial charge in [-0.3, -0.25) is 0 Å². The van der Waals surface area contributed by atoms with E-state index in [1.165, 1.54) is 5.56 Å². The second-order valence-electron chi connectivity index (χ2n) is 7.69. The molecule has 4 rings (SSSR count). The molecule has 160 valence electrons. The number of amides is 2. The Morgan fingerprint density at radius 2 is 1.48 bits per heavy atom. The molecule has 0 aromatic heterocycles. The van der Waals surface area contributed by atoms with Crippen LogP contribution in [0.25, 0.3) is 0 Å². The molecule has 0 radical (unpaired) electrons. The molecule has 1 unspecified atom stereocenters. The Balaban J connectivity index is 1.38. The van der Waals surface area contributed by atoms with Gasteiger partial charge < -0.3 is 10.6 Å². The Kier molecular flexibility index (Phi) is 6.06. The molecule has 3 aromatic carbocycles. The topological polar surface area (TPSA) is 87.3 Å². The van der Waals surface area contributed by atoms with E-state index in [9.17, 15) is 13.2 Å². The lowest BCUT2D eigenvalue weighted by molar-refractivity contribution is 0.262. The highest BCUT2D eigenvalue weighted by Gasteiger charge is 2.21. The molecule has 6 nitrogen and oxygen atoms in total. The number of anilines is 2. The minimum atomic E-state index is -3.62. The second kappa shape index (κ2) is 8.91. The van der Waals surface area contributed by atoms with E-state index >= 15 is 0 Å². The van der Waals surface area contributed by atoms with E-state index in [2.05, 4.69) is 15.4 Å². The van der Waals surface area contributed by atoms with Gasteiger partial charge in [0.05, 0.1) is 4.90 Å². The highest BCUT2D eigenvalue weighted by atomic mass is 32.2. The molecule has 0 heterocycles. The van der Waals surface area contributed by atoms with Crippen LogP contribution in [0.2, 0.25) is 0 Å². The molecule has 3 aromatic rings. The number of para-hydroxylation sites is 1. The first kappa shape index (κ1) is 21.1. The number of hydrogen-bond acceptors (Lipinski definition) is 3. The van der Waals surface area contributed by atoms with Gasteiger partial charge in [-0.2, -0.15) is 0 Å². The largest absolute Gasteiger partial charge is 0.323 e. The fourth-order valence-electron chi connectivity index (χ4n) is 3.75. The van der Waals surface area contributed by atoms with Crippen LogP contribution < -0.4 is 15.4 Å². The van der Waals surface area contributed by atoms with Crippen LogP contribution >= 0.6 is 0 Å². The number of carbonyl (C=O) groups is 1. The van der Waals surface area contributed by atoms with E-state index in [0.717, 1.165) is 30.4 Å². The first-order valence-corrected chi connectivity index (χ1v) is 11.8. The molecule has 1 aliphatic rings. The van der Waals surface area contributed by atoms with Crippen molar-refractivity contribution in [3.63, 3.8) is 0 Å². The third kappa shape index (κ3) is 5.13. The van der Waals surface area contributed by atoms with Crippen molar-refractivity contribution < 1.29 is 13.2 Å². The van der Waals surface area contributed by atoms with Gasteiger partial charge in [0, 0.05) is 17.4 Å². The van der Waals surface area contributed by atoms with Crippen LogP contribution in [-0.4, -0.2) is 14.4 Å². The van der Waals surface area contributed by atoms with Crippen LogP contribution in [0.3, 0.4) is 0 Å². The molecule has 31 heavy (non-hydrogen) atoms. The van der Waals surface area contributed by atoms with Gasteiger partial charge in [0.25, 0.3) is 0 Å². The molecule has 0 saturated heterocycles. The van der Waals surface area contributed by atoms with E-state index in [1.54, 1.807) is 55.5 Å². The number of nitrogens with one attached hydrogen (secondary N) is 3. The molecule has 0 bridgehead atoms. The van der Waals surface area contributed by atoms with E-state index in [4.69, 9.17) is 0 Å². The molecule has 7 heteroatoms. The third-order valence-corrected chi connectivity index (χ3v) is 6.95. The van der Waals surface area contributed by atoms with E-state index in [1.807, 2.05) is 24.3 Å². The molecular formula is C24H25N3O3S. The van der Waals surface area contributed by atoms with Crippen molar-refractivity contribution in [2.45, 2.75) is 37.1 Å². The lowest BCUT2D eigenvalue weighted by Crippen LogP contribution is -2.27. The molecule has 2 amide bonds. The normalized spacial score (nSPS) is 14.0. The zero-order chi connectivity index (χ0) is 21.8. The summed E-state index contributed by atoms with van der Waals surface area (Å²) >= 11 is 0. The molecule has 0 fully saturated rings. The lowest BCUT2D eigenvalue weighted by atomic mass is 10.1. The minimum absolute atomic E-state index is 0.302. The Bertz CT molecular complexity index is 1180. The van der Waals surface area contributed by atoms with Crippen molar-refractivity contribution in [1.29, 1.82) is 0 Å². The smallest absolute Gasteiger partial charge is 0.308 e. The predicted octanol–water partition coefficient (Wildman–Crippen LogP) is 4.86. The van der Waals surface area contributed by atoms with Gasteiger partial charge >= 0.3 is 6.03 Å². The van der Waals surface area contributed by atoms with Crippen LogP contribution in [0.4, 0.5) is 16.2 Å². The van der Waals surface area contributed by atoms with Crippen molar-refractivity contribution >= 4 is 27.4 Å². The number of hydrogen-bond donors (Lipinski definition) is 3. The number of carbonyl (C=O) groups excluding carboxylic acids is 1. The van der Waals surface area contributed by atoms with E-state index in [-0.39, 0.29) is 6.03 Å². The number of rotatable bonds is 6. The number of urea groups is 1. The van der Waals surface area contributed by atoms with Crippen molar-refractivity contribution in [1.82, 2.24) is 4.72 Å². The van der Waals surface area contributed by atoms with Crippen LogP contribution in [0.15, 0.2) is 77.7 Å². The minimum Gasteiger partial charge on any atom is -0.308 e. The summed E-state index contributed by atoms with van der Waals surface area (Å²) in [5.41, 5.74) is 4.49. The summed E-state index contributed by atoms with van der Waals surface area (Å²) in [7, 11) is -3.62. The summed E-state index contributed by atoms with van der Waals surface area (Å²) in [6, 6.07) is 20.9. The summed E-state index contributed by atoms with van der Waals surface area (Å²) in [6.07, 6.45) is 3.02. The maximum Gasteiger partial charge on any atom is 0.323 e. The van der Waals surface area contributed by atoms with Gasteiger partial charge in [-0.25, -0.2) is 17.9 Å². The van der Waals surface area contributed by atoms with Crippen molar-refractivity contribution in [2.24, 2.45) is 0 Å². The number of fused-ring (bicyclic) bond motifs is 1. The zero-order valence-electron chi connectivity index (χ0n) is 17.3. The van der Waals surface area contributed by atoms with Crippen LogP contribution in [0, 0.1) is 0 Å². The molecule has 0 aliphatic heterocycles. The van der Waals surface area contributed by atoms with Crippen LogP contribution in [0.5, 0.6) is 0 Å². The van der Waals surface area contributed by atoms with Gasteiger partial charge in [0.15, 0.2) is 0 Å². The average molecular weight is 436 g/mol. The maximum absolute atomic E-state index is 12.8. The van der Waals surface area contributed by atoms with Crippen molar-refractivity contribution in [3.8, 4) is 0 Å². The SMILES string of the molecule is CC(NS(=O)(=O)c1ccc2c(c1)CCC2)c1ccc(NC(=O)Nc2ccccc2)cc1. The fourth-order valence-corrected chi connectivity index (χ4v) is 5.04. The number of sulfonamides is 1. The Morgan fingerprint density at radius 3 is 2.19 bits per heavy atom. The Labute approximate surface area is 182 Å². The summed E-state index contributed by atoms with van der Waals surface area (Å²) in [5, 5.41) is 5.52. The van der Waals surface area contributed by atoms with Crippen LogP contribution in [0.1, 0.15) is 36.1 Å². The number of benzene rings is 3. The van der Waals surface area contributed by atoms with Gasteiger partial charge in [-0.1, -0.05) is 36.4 Å². The molecular weight excluding hydrogens is 410 g/mol. The quantitative estimate of drug-likeness (QED) is 0.517. The van der Waals surface area contributed by atoms with Gasteiger partial charge in [-0.05, 0) is 79.3 Å². The fraction of sp³-hybridized carbons (Fsp3) is 0.208. The van der Waals surface area contributed by atoms with Crippen molar-refractivity contribution in [3.05, 3.63) is 89.5 Å². The molecule has 3 N–H and O–H groups in total. The van der Waals surface area contributed by atoms with Crippen molar-refractivity contribution in [2.75, 3.05) is 10.6 Å². The molecule has 1 atom stereocenters. The first-order chi connectivity index (χ1) is 14.9. The van der Waals surface area contributed by atoms with Crippen LogP contribution in [-0.2, 0) is 22.9 Å². The van der Waals surface area contributed by atoms with Gasteiger partial charge in [-0.15, -0.1) is 0 Å². The highest BCUT2D eigenvalue weighted by Crippen LogP contribution is 2.26. The molecule has 0 saturated carbocycles. The summed E-state index contributed by atoms with van der Waals surface area (Å²) in [6.45, 7) is 1.80. The number of aryl methyl sites for hydroxylation is 2. The molecule has 1 aliphatic carbocycles. The summed E-state index contributed by atoms with van der Waals surface area (Å²) < 4.78 is 28.4.